The van der Waals surface area contributed by atoms with E-state index in [4.69, 9.17) is 4.74 Å². The van der Waals surface area contributed by atoms with Crippen molar-refractivity contribution in [3.63, 3.8) is 0 Å². The summed E-state index contributed by atoms with van der Waals surface area (Å²) in [6.45, 7) is 0.180. The quantitative estimate of drug-likeness (QED) is 0.499. The standard InChI is InChI=1S/C26H30N2O5S/c1-34-13-12-23(24(29)27-17-11-10-16(14-17)25(30)31)28-26(32)33-15-22-20-8-4-2-6-18(20)19-7-3-5-9-21(19)22/h2-9,16-17,22-23H,10-15H2,1H3,(H,27,29)(H,28,32)(H,30,31). The van der Waals surface area contributed by atoms with E-state index < -0.39 is 24.0 Å². The number of ether oxygens (including phenoxy) is 1. The predicted molar refractivity (Wildman–Crippen MR) is 132 cm³/mol. The van der Waals surface area contributed by atoms with Crippen molar-refractivity contribution in [1.29, 1.82) is 0 Å². The van der Waals surface area contributed by atoms with Gasteiger partial charge in [-0.2, -0.15) is 11.8 Å². The van der Waals surface area contributed by atoms with Crippen LogP contribution < -0.4 is 10.6 Å². The molecule has 0 saturated heterocycles. The van der Waals surface area contributed by atoms with Gasteiger partial charge in [0.2, 0.25) is 5.91 Å². The van der Waals surface area contributed by atoms with Gasteiger partial charge in [0.1, 0.15) is 12.6 Å². The highest BCUT2D eigenvalue weighted by molar-refractivity contribution is 7.98. The lowest BCUT2D eigenvalue weighted by Crippen LogP contribution is -2.49. The molecule has 7 nitrogen and oxygen atoms in total. The molecule has 3 atom stereocenters. The van der Waals surface area contributed by atoms with E-state index in [0.29, 0.717) is 31.4 Å². The number of carboxylic acids is 1. The summed E-state index contributed by atoms with van der Waals surface area (Å²) in [5, 5.41) is 14.8. The lowest BCUT2D eigenvalue weighted by molar-refractivity contribution is -0.141. The van der Waals surface area contributed by atoms with Crippen molar-refractivity contribution >= 4 is 29.7 Å². The summed E-state index contributed by atoms with van der Waals surface area (Å²) in [5.74, 6) is -0.899. The molecule has 0 spiro atoms. The fraction of sp³-hybridized carbons (Fsp3) is 0.423. The molecule has 1 saturated carbocycles. The lowest BCUT2D eigenvalue weighted by Gasteiger charge is -2.21. The van der Waals surface area contributed by atoms with Crippen molar-refractivity contribution in [2.45, 2.75) is 43.7 Å². The van der Waals surface area contributed by atoms with Gasteiger partial charge in [0.05, 0.1) is 5.92 Å². The minimum Gasteiger partial charge on any atom is -0.481 e. The second-order valence-corrected chi connectivity index (χ2v) is 9.84. The van der Waals surface area contributed by atoms with Crippen molar-refractivity contribution in [3.05, 3.63) is 59.7 Å². The Morgan fingerprint density at radius 1 is 1.06 bits per heavy atom. The molecule has 2 aromatic rings. The monoisotopic (exact) mass is 482 g/mol. The first-order valence-electron chi connectivity index (χ1n) is 11.6. The Bertz CT molecular complexity index is 1010. The van der Waals surface area contributed by atoms with Gasteiger partial charge < -0.3 is 20.5 Å². The average molecular weight is 483 g/mol. The zero-order valence-corrected chi connectivity index (χ0v) is 20.0. The smallest absolute Gasteiger partial charge is 0.407 e. The largest absolute Gasteiger partial charge is 0.481 e. The van der Waals surface area contributed by atoms with Gasteiger partial charge in [-0.25, -0.2) is 4.79 Å². The van der Waals surface area contributed by atoms with E-state index in [1.807, 2.05) is 30.5 Å². The van der Waals surface area contributed by atoms with Crippen molar-refractivity contribution in [2.24, 2.45) is 5.92 Å². The Labute approximate surface area is 203 Å². The molecule has 2 amide bonds. The van der Waals surface area contributed by atoms with E-state index in [9.17, 15) is 19.5 Å². The molecule has 2 aromatic carbocycles. The minimum atomic E-state index is -0.826. The van der Waals surface area contributed by atoms with Gasteiger partial charge in [-0.1, -0.05) is 48.5 Å². The van der Waals surface area contributed by atoms with Gasteiger partial charge in [-0.15, -0.1) is 0 Å². The summed E-state index contributed by atoms with van der Waals surface area (Å²) in [6, 6.07) is 15.3. The summed E-state index contributed by atoms with van der Waals surface area (Å²) in [6.07, 6.45) is 3.38. The van der Waals surface area contributed by atoms with Crippen molar-refractivity contribution < 1.29 is 24.2 Å². The molecule has 180 valence electrons. The molecule has 0 aliphatic heterocycles. The van der Waals surface area contributed by atoms with Crippen LogP contribution in [0.4, 0.5) is 4.79 Å². The maximum Gasteiger partial charge on any atom is 0.407 e. The van der Waals surface area contributed by atoms with Crippen molar-refractivity contribution in [3.8, 4) is 11.1 Å². The van der Waals surface area contributed by atoms with Crippen LogP contribution in [0.2, 0.25) is 0 Å². The first-order chi connectivity index (χ1) is 16.5. The van der Waals surface area contributed by atoms with Gasteiger partial charge in [0, 0.05) is 12.0 Å². The van der Waals surface area contributed by atoms with Crippen LogP contribution in [-0.2, 0) is 14.3 Å². The summed E-state index contributed by atoms with van der Waals surface area (Å²) in [7, 11) is 0. The minimum absolute atomic E-state index is 0.0527. The lowest BCUT2D eigenvalue weighted by atomic mass is 9.98. The highest BCUT2D eigenvalue weighted by Gasteiger charge is 2.33. The fourth-order valence-electron chi connectivity index (χ4n) is 4.93. The van der Waals surface area contributed by atoms with Crippen LogP contribution in [0.15, 0.2) is 48.5 Å². The van der Waals surface area contributed by atoms with E-state index in [1.54, 1.807) is 11.8 Å². The molecular weight excluding hydrogens is 452 g/mol. The SMILES string of the molecule is CSCCC(NC(=O)OCC1c2ccccc2-c2ccccc21)C(=O)NC1CCC(C(=O)O)C1. The molecule has 4 rings (SSSR count). The van der Waals surface area contributed by atoms with Crippen LogP contribution in [0.3, 0.4) is 0 Å². The van der Waals surface area contributed by atoms with Gasteiger partial charge in [-0.05, 0) is 59.9 Å². The number of benzene rings is 2. The van der Waals surface area contributed by atoms with E-state index in [2.05, 4.69) is 34.9 Å². The highest BCUT2D eigenvalue weighted by atomic mass is 32.2. The molecule has 0 aromatic heterocycles. The molecule has 3 N–H and O–H groups in total. The van der Waals surface area contributed by atoms with Crippen molar-refractivity contribution in [1.82, 2.24) is 10.6 Å². The summed E-state index contributed by atoms with van der Waals surface area (Å²) in [5.41, 5.74) is 4.56. The average Bonchev–Trinajstić information content (AvgIpc) is 3.43. The number of aliphatic carboxylic acids is 1. The van der Waals surface area contributed by atoms with Crippen LogP contribution in [0.25, 0.3) is 11.1 Å². The number of amides is 2. The molecule has 8 heteroatoms. The Morgan fingerprint density at radius 2 is 1.71 bits per heavy atom. The van der Waals surface area contributed by atoms with Gasteiger partial charge in [-0.3, -0.25) is 9.59 Å². The van der Waals surface area contributed by atoms with E-state index in [0.717, 1.165) is 22.3 Å². The fourth-order valence-corrected chi connectivity index (χ4v) is 5.40. The molecule has 34 heavy (non-hydrogen) atoms. The third kappa shape index (κ3) is 5.38. The number of hydrogen-bond acceptors (Lipinski definition) is 5. The third-order valence-corrected chi connectivity index (χ3v) is 7.34. The second-order valence-electron chi connectivity index (χ2n) is 8.86. The molecular formula is C26H30N2O5S. The summed E-state index contributed by atoms with van der Waals surface area (Å²) in [4.78, 5) is 36.7. The topological polar surface area (TPSA) is 105 Å². The molecule has 0 heterocycles. The van der Waals surface area contributed by atoms with Crippen LogP contribution in [0.5, 0.6) is 0 Å². The first-order valence-corrected chi connectivity index (χ1v) is 13.0. The van der Waals surface area contributed by atoms with Gasteiger partial charge in [0.15, 0.2) is 0 Å². The second kappa shape index (κ2) is 11.0. The molecule has 1 fully saturated rings. The number of nitrogens with one attached hydrogen (secondary N) is 2. The number of hydrogen-bond donors (Lipinski definition) is 3. The third-order valence-electron chi connectivity index (χ3n) is 6.69. The number of fused-ring (bicyclic) bond motifs is 3. The zero-order chi connectivity index (χ0) is 24.1. The Kier molecular flexibility index (Phi) is 7.77. The van der Waals surface area contributed by atoms with Gasteiger partial charge in [0.25, 0.3) is 0 Å². The number of rotatable bonds is 9. The van der Waals surface area contributed by atoms with E-state index in [-0.39, 0.29) is 24.5 Å². The normalized spacial score (nSPS) is 19.7. The highest BCUT2D eigenvalue weighted by Crippen LogP contribution is 2.44. The molecule has 0 radical (unpaired) electrons. The number of carbonyl (C=O) groups is 3. The Balaban J connectivity index is 1.36. The molecule has 2 aliphatic rings. The number of carboxylic acid groups (broad SMARTS) is 1. The maximum absolute atomic E-state index is 12.9. The van der Waals surface area contributed by atoms with E-state index >= 15 is 0 Å². The molecule has 3 unspecified atom stereocenters. The zero-order valence-electron chi connectivity index (χ0n) is 19.2. The maximum atomic E-state index is 12.9. The Morgan fingerprint density at radius 3 is 2.29 bits per heavy atom. The summed E-state index contributed by atoms with van der Waals surface area (Å²) < 4.78 is 5.60. The summed E-state index contributed by atoms with van der Waals surface area (Å²) >= 11 is 1.59. The van der Waals surface area contributed by atoms with Crippen molar-refractivity contribution in [2.75, 3.05) is 18.6 Å². The number of thioether (sulfide) groups is 1. The van der Waals surface area contributed by atoms with Crippen LogP contribution in [0, 0.1) is 5.92 Å². The van der Waals surface area contributed by atoms with Crippen LogP contribution in [-0.4, -0.2) is 53.8 Å². The Hall–Kier alpha value is -3.00. The van der Waals surface area contributed by atoms with E-state index in [1.165, 1.54) is 0 Å². The number of alkyl carbamates (subject to hydrolysis) is 1. The predicted octanol–water partition coefficient (Wildman–Crippen LogP) is 4.02. The first kappa shape index (κ1) is 24.1. The molecule has 2 aliphatic carbocycles. The number of carbonyl (C=O) groups excluding carboxylic acids is 2. The van der Waals surface area contributed by atoms with Crippen LogP contribution >= 0.6 is 11.8 Å². The van der Waals surface area contributed by atoms with Crippen LogP contribution in [0.1, 0.15) is 42.7 Å². The molecule has 0 bridgehead atoms. The van der Waals surface area contributed by atoms with Gasteiger partial charge >= 0.3 is 12.1 Å².